The van der Waals surface area contributed by atoms with Gasteiger partial charge in [-0.25, -0.2) is 0 Å². The fraction of sp³-hybridized carbons (Fsp3) is 0.231. The molecule has 0 aliphatic carbocycles. The lowest BCUT2D eigenvalue weighted by atomic mass is 10.2. The van der Waals surface area contributed by atoms with Crippen LogP contribution in [-0.4, -0.2) is 22.7 Å². The summed E-state index contributed by atoms with van der Waals surface area (Å²) in [6, 6.07) is 7.64. The monoisotopic (exact) mass is 258 g/mol. The lowest BCUT2D eigenvalue weighted by molar-refractivity contribution is -0.118. The van der Waals surface area contributed by atoms with Crippen LogP contribution in [0.5, 0.6) is 5.75 Å². The Labute approximate surface area is 110 Å². The fourth-order valence-electron chi connectivity index (χ4n) is 2.01. The molecule has 1 aliphatic heterocycles. The van der Waals surface area contributed by atoms with Crippen molar-refractivity contribution in [3.8, 4) is 5.75 Å². The molecule has 0 saturated heterocycles. The number of hydrogen-bond acceptors (Lipinski definition) is 4. The van der Waals surface area contributed by atoms with Gasteiger partial charge >= 0.3 is 0 Å². The van der Waals surface area contributed by atoms with E-state index in [1.54, 1.807) is 6.20 Å². The Morgan fingerprint density at radius 3 is 3.11 bits per heavy atom. The number of aromatic nitrogens is 2. The lowest BCUT2D eigenvalue weighted by Crippen LogP contribution is -2.25. The number of benzene rings is 1. The van der Waals surface area contributed by atoms with E-state index >= 15 is 0 Å². The van der Waals surface area contributed by atoms with E-state index in [1.807, 2.05) is 31.2 Å². The Kier molecular flexibility index (Phi) is 2.83. The molecular weight excluding hydrogens is 244 g/mol. The second kappa shape index (κ2) is 4.64. The molecular formula is C13H14N4O2. The summed E-state index contributed by atoms with van der Waals surface area (Å²) < 4.78 is 5.31. The summed E-state index contributed by atoms with van der Waals surface area (Å²) in [5.41, 5.74) is 2.60. The predicted molar refractivity (Wildman–Crippen MR) is 71.2 cm³/mol. The number of fused-ring (bicyclic) bond motifs is 1. The van der Waals surface area contributed by atoms with Crippen molar-refractivity contribution in [2.24, 2.45) is 0 Å². The first-order valence-electron chi connectivity index (χ1n) is 6.05. The SMILES string of the molecule is CC(Nc1ccc2c(c1)NC(=O)CO2)c1ccn[nH]1. The van der Waals surface area contributed by atoms with Crippen molar-refractivity contribution in [2.45, 2.75) is 13.0 Å². The molecule has 1 aliphatic rings. The summed E-state index contributed by atoms with van der Waals surface area (Å²) in [5.74, 6) is 0.561. The van der Waals surface area contributed by atoms with Gasteiger partial charge in [0.25, 0.3) is 5.91 Å². The van der Waals surface area contributed by atoms with Crippen molar-refractivity contribution in [1.29, 1.82) is 0 Å². The van der Waals surface area contributed by atoms with Crippen LogP contribution in [0.3, 0.4) is 0 Å². The highest BCUT2D eigenvalue weighted by Gasteiger charge is 2.16. The minimum atomic E-state index is -0.133. The maximum absolute atomic E-state index is 11.3. The van der Waals surface area contributed by atoms with Gasteiger partial charge in [0.05, 0.1) is 17.4 Å². The number of ether oxygens (including phenoxy) is 1. The molecule has 1 unspecified atom stereocenters. The normalized spacial score (nSPS) is 15.1. The quantitative estimate of drug-likeness (QED) is 0.785. The molecule has 1 amide bonds. The number of H-pyrrole nitrogens is 1. The Balaban J connectivity index is 1.79. The standard InChI is InChI=1S/C13H14N4O2/c1-8(10-4-5-14-17-10)15-9-2-3-12-11(6-9)16-13(18)7-19-12/h2-6,8,15H,7H2,1H3,(H,14,17)(H,16,18). The zero-order valence-electron chi connectivity index (χ0n) is 10.4. The zero-order chi connectivity index (χ0) is 13.2. The average molecular weight is 258 g/mol. The van der Waals surface area contributed by atoms with Gasteiger partial charge in [0.1, 0.15) is 5.75 Å². The Hall–Kier alpha value is -2.50. The second-order valence-corrected chi connectivity index (χ2v) is 4.43. The molecule has 2 aromatic rings. The number of anilines is 2. The number of rotatable bonds is 3. The van der Waals surface area contributed by atoms with Gasteiger partial charge < -0.3 is 15.4 Å². The highest BCUT2D eigenvalue weighted by molar-refractivity contribution is 5.96. The van der Waals surface area contributed by atoms with E-state index in [0.717, 1.165) is 11.4 Å². The molecule has 3 rings (SSSR count). The van der Waals surface area contributed by atoms with Crippen LogP contribution < -0.4 is 15.4 Å². The van der Waals surface area contributed by atoms with E-state index in [1.165, 1.54) is 0 Å². The summed E-state index contributed by atoms with van der Waals surface area (Å²) >= 11 is 0. The molecule has 0 fully saturated rings. The van der Waals surface area contributed by atoms with Crippen LogP contribution in [0.15, 0.2) is 30.5 Å². The van der Waals surface area contributed by atoms with Gasteiger partial charge in [0.15, 0.2) is 6.61 Å². The summed E-state index contributed by atoms with van der Waals surface area (Å²) in [6.07, 6.45) is 1.72. The molecule has 0 saturated carbocycles. The largest absolute Gasteiger partial charge is 0.482 e. The molecule has 1 aromatic carbocycles. The molecule has 0 spiro atoms. The van der Waals surface area contributed by atoms with Gasteiger partial charge in [0, 0.05) is 11.9 Å². The minimum absolute atomic E-state index is 0.0737. The summed E-state index contributed by atoms with van der Waals surface area (Å²) in [5, 5.41) is 13.0. The number of aromatic amines is 1. The molecule has 98 valence electrons. The topological polar surface area (TPSA) is 79.0 Å². The third kappa shape index (κ3) is 2.37. The smallest absolute Gasteiger partial charge is 0.262 e. The van der Waals surface area contributed by atoms with Gasteiger partial charge in [-0.15, -0.1) is 0 Å². The van der Waals surface area contributed by atoms with E-state index in [-0.39, 0.29) is 18.6 Å². The van der Waals surface area contributed by atoms with Gasteiger partial charge in [-0.1, -0.05) is 0 Å². The van der Waals surface area contributed by atoms with Crippen LogP contribution in [0, 0.1) is 0 Å². The molecule has 19 heavy (non-hydrogen) atoms. The third-order valence-corrected chi connectivity index (χ3v) is 2.98. The first-order chi connectivity index (χ1) is 9.22. The zero-order valence-corrected chi connectivity index (χ0v) is 10.4. The van der Waals surface area contributed by atoms with Crippen LogP contribution in [0.25, 0.3) is 0 Å². The number of nitrogens with one attached hydrogen (secondary N) is 3. The van der Waals surface area contributed by atoms with Gasteiger partial charge in [-0.2, -0.15) is 5.10 Å². The molecule has 2 heterocycles. The van der Waals surface area contributed by atoms with E-state index < -0.39 is 0 Å². The molecule has 6 heteroatoms. The van der Waals surface area contributed by atoms with Crippen LogP contribution >= 0.6 is 0 Å². The summed E-state index contributed by atoms with van der Waals surface area (Å²) in [4.78, 5) is 11.3. The molecule has 1 atom stereocenters. The number of hydrogen-bond donors (Lipinski definition) is 3. The van der Waals surface area contributed by atoms with Crippen LogP contribution in [0.4, 0.5) is 11.4 Å². The van der Waals surface area contributed by atoms with Crippen LogP contribution in [0.2, 0.25) is 0 Å². The number of nitrogens with zero attached hydrogens (tertiary/aromatic N) is 1. The summed E-state index contributed by atoms with van der Waals surface area (Å²) in [7, 11) is 0. The predicted octanol–water partition coefficient (Wildman–Crippen LogP) is 1.91. The minimum Gasteiger partial charge on any atom is -0.482 e. The number of carbonyl (C=O) groups excluding carboxylic acids is 1. The Bertz CT molecular complexity index is 595. The van der Waals surface area contributed by atoms with E-state index in [0.29, 0.717) is 11.4 Å². The van der Waals surface area contributed by atoms with Gasteiger partial charge in [-0.05, 0) is 31.2 Å². The van der Waals surface area contributed by atoms with Crippen molar-refractivity contribution < 1.29 is 9.53 Å². The van der Waals surface area contributed by atoms with Crippen LogP contribution in [-0.2, 0) is 4.79 Å². The second-order valence-electron chi connectivity index (χ2n) is 4.43. The maximum atomic E-state index is 11.3. The molecule has 0 bridgehead atoms. The van der Waals surface area contributed by atoms with Crippen molar-refractivity contribution in [3.05, 3.63) is 36.2 Å². The highest BCUT2D eigenvalue weighted by atomic mass is 16.5. The number of amides is 1. The van der Waals surface area contributed by atoms with E-state index in [4.69, 9.17) is 4.74 Å². The average Bonchev–Trinajstić information content (AvgIpc) is 2.92. The maximum Gasteiger partial charge on any atom is 0.262 e. The molecule has 1 aromatic heterocycles. The highest BCUT2D eigenvalue weighted by Crippen LogP contribution is 2.31. The fourth-order valence-corrected chi connectivity index (χ4v) is 2.01. The third-order valence-electron chi connectivity index (χ3n) is 2.98. The Morgan fingerprint density at radius 1 is 1.42 bits per heavy atom. The van der Waals surface area contributed by atoms with E-state index in [9.17, 15) is 4.79 Å². The molecule has 6 nitrogen and oxygen atoms in total. The first-order valence-corrected chi connectivity index (χ1v) is 6.05. The van der Waals surface area contributed by atoms with Crippen molar-refractivity contribution in [2.75, 3.05) is 17.2 Å². The molecule has 0 radical (unpaired) electrons. The molecule has 3 N–H and O–H groups in total. The number of carbonyl (C=O) groups is 1. The van der Waals surface area contributed by atoms with Gasteiger partial charge in [-0.3, -0.25) is 9.89 Å². The van der Waals surface area contributed by atoms with Crippen molar-refractivity contribution >= 4 is 17.3 Å². The Morgan fingerprint density at radius 2 is 2.32 bits per heavy atom. The first kappa shape index (κ1) is 11.6. The summed E-state index contributed by atoms with van der Waals surface area (Å²) in [6.45, 7) is 2.10. The van der Waals surface area contributed by atoms with Crippen molar-refractivity contribution in [1.82, 2.24) is 10.2 Å². The van der Waals surface area contributed by atoms with Crippen molar-refractivity contribution in [3.63, 3.8) is 0 Å². The lowest BCUT2D eigenvalue weighted by Gasteiger charge is -2.20. The van der Waals surface area contributed by atoms with Gasteiger partial charge in [0.2, 0.25) is 0 Å². The van der Waals surface area contributed by atoms with Crippen LogP contribution in [0.1, 0.15) is 18.7 Å². The van der Waals surface area contributed by atoms with E-state index in [2.05, 4.69) is 20.8 Å².